The lowest BCUT2D eigenvalue weighted by Crippen LogP contribution is -2.50. The Morgan fingerprint density at radius 3 is 2.48 bits per heavy atom. The molecule has 0 bridgehead atoms. The molecule has 7 heteroatoms. The molecular weight excluding hydrogens is 399 g/mol. The maximum atomic E-state index is 13.1. The van der Waals surface area contributed by atoms with Crippen LogP contribution in [-0.4, -0.2) is 43.0 Å². The molecule has 0 saturated heterocycles. The van der Waals surface area contributed by atoms with E-state index in [0.29, 0.717) is 24.5 Å². The van der Waals surface area contributed by atoms with Gasteiger partial charge in [-0.1, -0.05) is 32.4 Å². The summed E-state index contributed by atoms with van der Waals surface area (Å²) in [4.78, 5) is 27.4. The van der Waals surface area contributed by atoms with Gasteiger partial charge in [-0.3, -0.25) is 9.59 Å². The van der Waals surface area contributed by atoms with Gasteiger partial charge in [0, 0.05) is 13.1 Å². The minimum absolute atomic E-state index is 0.186. The summed E-state index contributed by atoms with van der Waals surface area (Å²) < 4.78 is 23.9. The molecule has 2 amide bonds. The quantitative estimate of drug-likeness (QED) is 0.518. The molecule has 31 heavy (non-hydrogen) atoms. The first kappa shape index (κ1) is 24.2. The molecular formula is C24H31FN2O4. The number of methoxy groups -OCH3 is 1. The summed E-state index contributed by atoms with van der Waals surface area (Å²) in [6.45, 7) is 4.47. The maximum Gasteiger partial charge on any atom is 0.261 e. The molecule has 0 aliphatic rings. The summed E-state index contributed by atoms with van der Waals surface area (Å²) in [5, 5.41) is 2.92. The summed E-state index contributed by atoms with van der Waals surface area (Å²) in [5.41, 5.74) is 0.842. The van der Waals surface area contributed by atoms with Gasteiger partial charge in [-0.05, 0) is 54.8 Å². The predicted octanol–water partition coefficient (Wildman–Crippen LogP) is 3.94. The number of amides is 2. The molecule has 2 rings (SSSR count). The molecule has 2 aromatic rings. The van der Waals surface area contributed by atoms with Crippen LogP contribution in [0.5, 0.6) is 11.5 Å². The number of nitrogens with one attached hydrogen (secondary N) is 1. The molecule has 0 saturated carbocycles. The zero-order chi connectivity index (χ0) is 22.6. The van der Waals surface area contributed by atoms with Crippen molar-refractivity contribution in [2.45, 2.75) is 45.7 Å². The molecule has 0 heterocycles. The third kappa shape index (κ3) is 7.59. The van der Waals surface area contributed by atoms with E-state index in [4.69, 9.17) is 9.47 Å². The minimum Gasteiger partial charge on any atom is -0.497 e. The fourth-order valence-electron chi connectivity index (χ4n) is 3.15. The normalized spacial score (nSPS) is 11.5. The Morgan fingerprint density at radius 1 is 1.10 bits per heavy atom. The molecule has 0 spiro atoms. The van der Waals surface area contributed by atoms with Gasteiger partial charge in [0.1, 0.15) is 23.4 Å². The Balaban J connectivity index is 2.18. The molecule has 0 fully saturated rings. The van der Waals surface area contributed by atoms with Crippen molar-refractivity contribution >= 4 is 11.8 Å². The topological polar surface area (TPSA) is 67.9 Å². The number of benzene rings is 2. The SMILES string of the molecule is CCCCNC(=O)C(CC)N(Cc1cccc(OC)c1)C(=O)COc1ccc(F)cc1. The zero-order valence-electron chi connectivity index (χ0n) is 18.4. The van der Waals surface area contributed by atoms with Crippen molar-refractivity contribution in [1.29, 1.82) is 0 Å². The number of carbonyl (C=O) groups is 2. The molecule has 0 radical (unpaired) electrons. The van der Waals surface area contributed by atoms with E-state index in [1.165, 1.54) is 29.2 Å². The van der Waals surface area contributed by atoms with Crippen molar-refractivity contribution in [3.8, 4) is 11.5 Å². The van der Waals surface area contributed by atoms with Crippen molar-refractivity contribution in [3.05, 3.63) is 59.9 Å². The van der Waals surface area contributed by atoms with E-state index in [2.05, 4.69) is 12.2 Å². The number of hydrogen-bond donors (Lipinski definition) is 1. The van der Waals surface area contributed by atoms with E-state index in [9.17, 15) is 14.0 Å². The van der Waals surface area contributed by atoms with Gasteiger partial charge in [-0.15, -0.1) is 0 Å². The molecule has 6 nitrogen and oxygen atoms in total. The van der Waals surface area contributed by atoms with E-state index in [0.717, 1.165) is 18.4 Å². The first-order valence-corrected chi connectivity index (χ1v) is 10.6. The highest BCUT2D eigenvalue weighted by molar-refractivity contribution is 5.88. The first-order valence-electron chi connectivity index (χ1n) is 10.6. The standard InChI is InChI=1S/C24H31FN2O4/c1-4-6-14-26-24(29)22(5-2)27(16-18-8-7-9-21(15-18)30-3)23(28)17-31-20-12-10-19(25)11-13-20/h7-13,15,22H,4-6,14,16-17H2,1-3H3,(H,26,29). The Morgan fingerprint density at radius 2 is 1.84 bits per heavy atom. The molecule has 0 aromatic heterocycles. The van der Waals surface area contributed by atoms with Crippen molar-refractivity contribution in [1.82, 2.24) is 10.2 Å². The molecule has 2 aromatic carbocycles. The van der Waals surface area contributed by atoms with E-state index in [1.807, 2.05) is 31.2 Å². The fourth-order valence-corrected chi connectivity index (χ4v) is 3.15. The van der Waals surface area contributed by atoms with E-state index in [1.54, 1.807) is 7.11 Å². The van der Waals surface area contributed by atoms with E-state index < -0.39 is 6.04 Å². The number of hydrogen-bond acceptors (Lipinski definition) is 4. The van der Waals surface area contributed by atoms with Crippen molar-refractivity contribution < 1.29 is 23.5 Å². The van der Waals surface area contributed by atoms with Crippen LogP contribution in [0.1, 0.15) is 38.7 Å². The van der Waals surface area contributed by atoms with Crippen LogP contribution in [0.4, 0.5) is 4.39 Å². The van der Waals surface area contributed by atoms with Crippen LogP contribution in [0, 0.1) is 5.82 Å². The van der Waals surface area contributed by atoms with Gasteiger partial charge in [0.15, 0.2) is 6.61 Å². The largest absolute Gasteiger partial charge is 0.497 e. The number of unbranched alkanes of at least 4 members (excludes halogenated alkanes) is 1. The van der Waals surface area contributed by atoms with Crippen LogP contribution in [0.25, 0.3) is 0 Å². The second-order valence-corrected chi connectivity index (χ2v) is 7.18. The highest BCUT2D eigenvalue weighted by Crippen LogP contribution is 2.18. The fraction of sp³-hybridized carbons (Fsp3) is 0.417. The number of rotatable bonds is 12. The van der Waals surface area contributed by atoms with Gasteiger partial charge in [-0.2, -0.15) is 0 Å². The highest BCUT2D eigenvalue weighted by Gasteiger charge is 2.28. The number of carbonyl (C=O) groups excluding carboxylic acids is 2. The third-order valence-electron chi connectivity index (χ3n) is 4.88. The van der Waals surface area contributed by atoms with Crippen LogP contribution in [0.3, 0.4) is 0 Å². The second-order valence-electron chi connectivity index (χ2n) is 7.18. The van der Waals surface area contributed by atoms with E-state index >= 15 is 0 Å². The Bertz CT molecular complexity index is 842. The summed E-state index contributed by atoms with van der Waals surface area (Å²) in [6.07, 6.45) is 2.30. The van der Waals surface area contributed by atoms with Gasteiger partial charge >= 0.3 is 0 Å². The van der Waals surface area contributed by atoms with Gasteiger partial charge < -0.3 is 19.7 Å². The van der Waals surface area contributed by atoms with Gasteiger partial charge in [0.25, 0.3) is 5.91 Å². The highest BCUT2D eigenvalue weighted by atomic mass is 19.1. The van der Waals surface area contributed by atoms with Crippen LogP contribution in [0.15, 0.2) is 48.5 Å². The first-order chi connectivity index (χ1) is 15.0. The lowest BCUT2D eigenvalue weighted by Gasteiger charge is -2.30. The summed E-state index contributed by atoms with van der Waals surface area (Å²) in [5.74, 6) is 0.163. The third-order valence-corrected chi connectivity index (χ3v) is 4.88. The van der Waals surface area contributed by atoms with Gasteiger partial charge in [0.05, 0.1) is 7.11 Å². The number of halogens is 1. The Kier molecular flexibility index (Phi) is 9.81. The molecule has 1 atom stereocenters. The summed E-state index contributed by atoms with van der Waals surface area (Å²) in [7, 11) is 1.58. The van der Waals surface area contributed by atoms with Crippen LogP contribution in [0.2, 0.25) is 0 Å². The average molecular weight is 431 g/mol. The average Bonchev–Trinajstić information content (AvgIpc) is 2.78. The van der Waals surface area contributed by atoms with Crippen LogP contribution >= 0.6 is 0 Å². The summed E-state index contributed by atoms with van der Waals surface area (Å²) >= 11 is 0. The zero-order valence-corrected chi connectivity index (χ0v) is 18.4. The monoisotopic (exact) mass is 430 g/mol. The lowest BCUT2D eigenvalue weighted by atomic mass is 10.1. The smallest absolute Gasteiger partial charge is 0.261 e. The number of ether oxygens (including phenoxy) is 2. The number of nitrogens with zero attached hydrogens (tertiary/aromatic N) is 1. The second kappa shape index (κ2) is 12.6. The molecule has 0 aliphatic carbocycles. The molecule has 0 aliphatic heterocycles. The van der Waals surface area contributed by atoms with E-state index in [-0.39, 0.29) is 30.8 Å². The lowest BCUT2D eigenvalue weighted by molar-refractivity contribution is -0.143. The van der Waals surface area contributed by atoms with Crippen LogP contribution < -0.4 is 14.8 Å². The van der Waals surface area contributed by atoms with Crippen molar-refractivity contribution in [3.63, 3.8) is 0 Å². The van der Waals surface area contributed by atoms with Crippen molar-refractivity contribution in [2.24, 2.45) is 0 Å². The van der Waals surface area contributed by atoms with Gasteiger partial charge in [-0.25, -0.2) is 4.39 Å². The molecule has 1 N–H and O–H groups in total. The maximum absolute atomic E-state index is 13.1. The Labute approximate surface area is 183 Å². The van der Waals surface area contributed by atoms with Gasteiger partial charge in [0.2, 0.25) is 5.91 Å². The predicted molar refractivity (Wildman–Crippen MR) is 117 cm³/mol. The molecule has 168 valence electrons. The summed E-state index contributed by atoms with van der Waals surface area (Å²) in [6, 6.07) is 12.2. The minimum atomic E-state index is -0.632. The van der Waals surface area contributed by atoms with Crippen molar-refractivity contribution in [2.75, 3.05) is 20.3 Å². The van der Waals surface area contributed by atoms with Crippen LogP contribution in [-0.2, 0) is 16.1 Å². The Hall–Kier alpha value is -3.09. The molecule has 1 unspecified atom stereocenters.